The molecule has 18 heavy (non-hydrogen) atoms. The van der Waals surface area contributed by atoms with Gasteiger partial charge in [0.15, 0.2) is 0 Å². The zero-order valence-electron chi connectivity index (χ0n) is 11.8. The molecule has 3 nitrogen and oxygen atoms in total. The molecule has 3 heteroatoms. The molecule has 3 N–H and O–H groups in total. The topological polar surface area (TPSA) is 41.3 Å². The van der Waals surface area contributed by atoms with Crippen LogP contribution in [0.15, 0.2) is 24.6 Å². The number of hydrogen-bond donors (Lipinski definition) is 2. The maximum Gasteiger partial charge on any atom is 0.0981 e. The lowest BCUT2D eigenvalue weighted by Gasteiger charge is -2.25. The minimum absolute atomic E-state index is 0.483. The van der Waals surface area contributed by atoms with E-state index in [2.05, 4.69) is 35.5 Å². The van der Waals surface area contributed by atoms with Crippen LogP contribution in [0.5, 0.6) is 0 Å². The molecule has 0 radical (unpaired) electrons. The third kappa shape index (κ3) is 6.10. The Labute approximate surface area is 112 Å². The van der Waals surface area contributed by atoms with Crippen LogP contribution in [0.1, 0.15) is 51.9 Å². The van der Waals surface area contributed by atoms with E-state index in [-0.39, 0.29) is 0 Å². The summed E-state index contributed by atoms with van der Waals surface area (Å²) in [6.07, 6.45) is 18.3. The fourth-order valence-corrected chi connectivity index (χ4v) is 2.37. The number of nitrogens with one attached hydrogen (secondary N) is 1. The Hall–Kier alpha value is -0.960. The van der Waals surface area contributed by atoms with Crippen LogP contribution in [0.4, 0.5) is 0 Å². The van der Waals surface area contributed by atoms with Crippen LogP contribution in [0.25, 0.3) is 0 Å². The molecule has 1 aliphatic heterocycles. The first-order valence-electron chi connectivity index (χ1n) is 7.38. The van der Waals surface area contributed by atoms with E-state index < -0.39 is 0 Å². The van der Waals surface area contributed by atoms with Crippen molar-refractivity contribution in [1.82, 2.24) is 10.2 Å². The summed E-state index contributed by atoms with van der Waals surface area (Å²) in [7, 11) is 0. The summed E-state index contributed by atoms with van der Waals surface area (Å²) in [4.78, 5) is 2.31. The predicted molar refractivity (Wildman–Crippen MR) is 79.0 cm³/mol. The van der Waals surface area contributed by atoms with Crippen molar-refractivity contribution < 1.29 is 0 Å². The van der Waals surface area contributed by atoms with Crippen molar-refractivity contribution >= 4 is 0 Å². The molecule has 1 atom stereocenters. The molecule has 1 aliphatic rings. The molecule has 0 aliphatic carbocycles. The molecule has 104 valence electrons. The van der Waals surface area contributed by atoms with Crippen molar-refractivity contribution in [2.75, 3.05) is 13.1 Å². The molecule has 1 rings (SSSR count). The second-order valence-corrected chi connectivity index (χ2v) is 4.94. The van der Waals surface area contributed by atoms with Gasteiger partial charge in [-0.2, -0.15) is 0 Å². The second-order valence-electron chi connectivity index (χ2n) is 4.94. The SMILES string of the molecule is C/C=C/CCCCCCCC1NC=CN1CCN. The Balaban J connectivity index is 1.94. The van der Waals surface area contributed by atoms with Gasteiger partial charge in [0.2, 0.25) is 0 Å². The Morgan fingerprint density at radius 3 is 2.78 bits per heavy atom. The van der Waals surface area contributed by atoms with E-state index in [1.165, 1.54) is 44.9 Å². The van der Waals surface area contributed by atoms with E-state index in [9.17, 15) is 0 Å². The highest BCUT2D eigenvalue weighted by Crippen LogP contribution is 2.13. The largest absolute Gasteiger partial charge is 0.370 e. The third-order valence-corrected chi connectivity index (χ3v) is 3.43. The van der Waals surface area contributed by atoms with Gasteiger partial charge in [-0.05, 0) is 32.6 Å². The Morgan fingerprint density at radius 1 is 1.22 bits per heavy atom. The first kappa shape index (κ1) is 15.1. The fourth-order valence-electron chi connectivity index (χ4n) is 2.37. The first-order chi connectivity index (χ1) is 8.88. The van der Waals surface area contributed by atoms with Gasteiger partial charge in [0.05, 0.1) is 6.17 Å². The van der Waals surface area contributed by atoms with Crippen LogP contribution in [-0.2, 0) is 0 Å². The zero-order chi connectivity index (χ0) is 13.1. The molecule has 0 bridgehead atoms. The summed E-state index contributed by atoms with van der Waals surface area (Å²) in [5.74, 6) is 0. The van der Waals surface area contributed by atoms with E-state index >= 15 is 0 Å². The summed E-state index contributed by atoms with van der Waals surface area (Å²) < 4.78 is 0. The second kappa shape index (κ2) is 10.0. The fraction of sp³-hybridized carbons (Fsp3) is 0.733. The van der Waals surface area contributed by atoms with Crippen molar-refractivity contribution in [3.63, 3.8) is 0 Å². The number of allylic oxidation sites excluding steroid dienone is 2. The molecule has 0 fully saturated rings. The van der Waals surface area contributed by atoms with E-state index in [1.54, 1.807) is 0 Å². The molecule has 0 amide bonds. The average Bonchev–Trinajstić information content (AvgIpc) is 2.81. The summed E-state index contributed by atoms with van der Waals surface area (Å²) in [6.45, 7) is 3.78. The monoisotopic (exact) mass is 251 g/mol. The van der Waals surface area contributed by atoms with Crippen molar-refractivity contribution in [2.45, 2.75) is 58.0 Å². The summed E-state index contributed by atoms with van der Waals surface area (Å²) in [6, 6.07) is 0. The van der Waals surface area contributed by atoms with Crippen molar-refractivity contribution in [1.29, 1.82) is 0 Å². The zero-order valence-corrected chi connectivity index (χ0v) is 11.8. The van der Waals surface area contributed by atoms with Crippen molar-refractivity contribution in [2.24, 2.45) is 5.73 Å². The highest BCUT2D eigenvalue weighted by molar-refractivity contribution is 4.94. The van der Waals surface area contributed by atoms with Gasteiger partial charge >= 0.3 is 0 Å². The van der Waals surface area contributed by atoms with Crippen LogP contribution >= 0.6 is 0 Å². The minimum Gasteiger partial charge on any atom is -0.370 e. The number of unbranched alkanes of at least 4 members (excludes halogenated alkanes) is 5. The minimum atomic E-state index is 0.483. The maximum atomic E-state index is 5.60. The van der Waals surface area contributed by atoms with E-state index in [1.807, 2.05) is 6.20 Å². The van der Waals surface area contributed by atoms with Gasteiger partial charge in [0.25, 0.3) is 0 Å². The molecule has 0 saturated carbocycles. The Kier molecular flexibility index (Phi) is 8.40. The summed E-state index contributed by atoms with van der Waals surface area (Å²) in [5.41, 5.74) is 5.60. The third-order valence-electron chi connectivity index (χ3n) is 3.43. The summed E-state index contributed by atoms with van der Waals surface area (Å²) in [5, 5.41) is 3.39. The number of rotatable bonds is 10. The van der Waals surface area contributed by atoms with E-state index in [0.29, 0.717) is 6.17 Å². The highest BCUT2D eigenvalue weighted by atomic mass is 15.3. The maximum absolute atomic E-state index is 5.60. The van der Waals surface area contributed by atoms with Gasteiger partial charge in [-0.25, -0.2) is 0 Å². The van der Waals surface area contributed by atoms with Gasteiger partial charge < -0.3 is 16.0 Å². The molecular formula is C15H29N3. The molecule has 0 spiro atoms. The van der Waals surface area contributed by atoms with Gasteiger partial charge in [-0.1, -0.05) is 31.4 Å². The molecule has 1 heterocycles. The standard InChI is InChI=1S/C15H29N3/c1-2-3-4-5-6-7-8-9-10-15-17-12-14-18(15)13-11-16/h2-3,12,14-15,17H,4-11,13,16H2,1H3/b3-2+. The molecule has 0 saturated heterocycles. The number of hydrogen-bond acceptors (Lipinski definition) is 3. The van der Waals surface area contributed by atoms with Crippen molar-refractivity contribution in [3.05, 3.63) is 24.6 Å². The van der Waals surface area contributed by atoms with Crippen LogP contribution in [0.2, 0.25) is 0 Å². The predicted octanol–water partition coefficient (Wildman–Crippen LogP) is 2.95. The number of nitrogens with two attached hydrogens (primary N) is 1. The molecule has 0 aromatic rings. The lowest BCUT2D eigenvalue weighted by molar-refractivity contribution is 0.264. The lowest BCUT2D eigenvalue weighted by atomic mass is 10.1. The van der Waals surface area contributed by atoms with Gasteiger partial charge in [-0.3, -0.25) is 0 Å². The lowest BCUT2D eigenvalue weighted by Crippen LogP contribution is -2.37. The van der Waals surface area contributed by atoms with Gasteiger partial charge in [-0.15, -0.1) is 0 Å². The van der Waals surface area contributed by atoms with Crippen LogP contribution in [0, 0.1) is 0 Å². The smallest absolute Gasteiger partial charge is 0.0981 e. The van der Waals surface area contributed by atoms with Gasteiger partial charge in [0.1, 0.15) is 0 Å². The first-order valence-corrected chi connectivity index (χ1v) is 7.38. The average molecular weight is 251 g/mol. The van der Waals surface area contributed by atoms with E-state index in [4.69, 9.17) is 5.73 Å². The highest BCUT2D eigenvalue weighted by Gasteiger charge is 2.16. The van der Waals surface area contributed by atoms with Crippen LogP contribution < -0.4 is 11.1 Å². The molecule has 0 aromatic heterocycles. The van der Waals surface area contributed by atoms with Crippen LogP contribution in [0.3, 0.4) is 0 Å². The molecule has 0 aromatic carbocycles. The van der Waals surface area contributed by atoms with Crippen molar-refractivity contribution in [3.8, 4) is 0 Å². The quantitative estimate of drug-likeness (QED) is 0.463. The normalized spacial score (nSPS) is 18.8. The number of nitrogens with zero attached hydrogens (tertiary/aromatic N) is 1. The summed E-state index contributed by atoms with van der Waals surface area (Å²) >= 11 is 0. The van der Waals surface area contributed by atoms with Crippen LogP contribution in [-0.4, -0.2) is 24.2 Å². The Morgan fingerprint density at radius 2 is 2.00 bits per heavy atom. The van der Waals surface area contributed by atoms with Gasteiger partial charge in [0, 0.05) is 25.5 Å². The molecular weight excluding hydrogens is 222 g/mol. The molecule has 1 unspecified atom stereocenters. The van der Waals surface area contributed by atoms with E-state index in [0.717, 1.165) is 13.1 Å². The Bertz CT molecular complexity index is 248.